The third-order valence-corrected chi connectivity index (χ3v) is 3.27. The summed E-state index contributed by atoms with van der Waals surface area (Å²) in [4.78, 5) is 11.9. The number of nitrogens with one attached hydrogen (secondary N) is 1. The lowest BCUT2D eigenvalue weighted by Gasteiger charge is -2.32. The molecule has 0 bridgehead atoms. The molecule has 0 spiro atoms. The van der Waals surface area contributed by atoms with E-state index >= 15 is 0 Å². The van der Waals surface area contributed by atoms with Gasteiger partial charge in [-0.1, -0.05) is 32.4 Å². The molecule has 0 saturated heterocycles. The molecule has 3 nitrogen and oxygen atoms in total. The molecule has 0 aromatic rings. The Morgan fingerprint density at radius 2 is 2.18 bits per heavy atom. The van der Waals surface area contributed by atoms with Crippen molar-refractivity contribution in [2.45, 2.75) is 52.6 Å². The summed E-state index contributed by atoms with van der Waals surface area (Å²) in [5.41, 5.74) is 1.38. The van der Waals surface area contributed by atoms with Gasteiger partial charge in [0.1, 0.15) is 6.04 Å². The van der Waals surface area contributed by atoms with Gasteiger partial charge < -0.3 is 10.1 Å². The maximum Gasteiger partial charge on any atom is 0.323 e. The predicted molar refractivity (Wildman–Crippen MR) is 69.7 cm³/mol. The summed E-state index contributed by atoms with van der Waals surface area (Å²) >= 11 is 0. The number of allylic oxidation sites excluding steroid dienone is 2. The lowest BCUT2D eigenvalue weighted by molar-refractivity contribution is -0.145. The highest BCUT2D eigenvalue weighted by molar-refractivity contribution is 5.76. The van der Waals surface area contributed by atoms with Crippen LogP contribution in [0.2, 0.25) is 0 Å². The number of esters is 1. The van der Waals surface area contributed by atoms with E-state index in [1.54, 1.807) is 0 Å². The van der Waals surface area contributed by atoms with E-state index in [1.165, 1.54) is 12.7 Å². The lowest BCUT2D eigenvalue weighted by Crippen LogP contribution is -2.47. The van der Waals surface area contributed by atoms with E-state index in [4.69, 9.17) is 4.74 Å². The van der Waals surface area contributed by atoms with E-state index in [1.807, 2.05) is 0 Å². The van der Waals surface area contributed by atoms with Crippen LogP contribution >= 0.6 is 0 Å². The molecule has 0 radical (unpaired) electrons. The van der Waals surface area contributed by atoms with E-state index < -0.39 is 0 Å². The average molecular weight is 239 g/mol. The lowest BCUT2D eigenvalue weighted by atomic mass is 9.79. The minimum absolute atomic E-state index is 0.134. The first-order valence-electron chi connectivity index (χ1n) is 6.45. The number of carbonyl (C=O) groups is 1. The molecule has 0 aromatic heterocycles. The summed E-state index contributed by atoms with van der Waals surface area (Å²) < 4.78 is 4.92. The summed E-state index contributed by atoms with van der Waals surface area (Å²) in [5.74, 6) is 0.769. The highest BCUT2D eigenvalue weighted by Crippen LogP contribution is 2.30. The fourth-order valence-corrected chi connectivity index (χ4v) is 2.73. The summed E-state index contributed by atoms with van der Waals surface area (Å²) in [5, 5.41) is 3.34. The molecule has 1 N–H and O–H groups in total. The van der Waals surface area contributed by atoms with Gasteiger partial charge in [0.25, 0.3) is 0 Å². The molecule has 0 saturated carbocycles. The van der Waals surface area contributed by atoms with Gasteiger partial charge in [0.15, 0.2) is 0 Å². The molecule has 98 valence electrons. The van der Waals surface area contributed by atoms with Crippen LogP contribution < -0.4 is 5.32 Å². The Labute approximate surface area is 105 Å². The predicted octanol–water partition coefficient (Wildman–Crippen LogP) is 2.52. The van der Waals surface area contributed by atoms with Crippen LogP contribution in [0.15, 0.2) is 11.6 Å². The second-order valence-electron chi connectivity index (χ2n) is 5.51. The molecule has 0 heterocycles. The standard InChI is InChI=1S/C14H25NO2/c1-9(2)15-13(14(16)17-5)12-7-10(3)6-11(4)8-12/h6,9-10,12-13,15H,7-8H2,1-5H3. The van der Waals surface area contributed by atoms with Gasteiger partial charge in [0.05, 0.1) is 7.11 Å². The summed E-state index contributed by atoms with van der Waals surface area (Å²) in [6.45, 7) is 8.47. The molecule has 0 amide bonds. The van der Waals surface area contributed by atoms with Crippen molar-refractivity contribution in [2.24, 2.45) is 11.8 Å². The molecular formula is C14H25NO2. The minimum Gasteiger partial charge on any atom is -0.468 e. The van der Waals surface area contributed by atoms with Crippen molar-refractivity contribution in [1.82, 2.24) is 5.32 Å². The van der Waals surface area contributed by atoms with Crippen LogP contribution in [0.4, 0.5) is 0 Å². The summed E-state index contributed by atoms with van der Waals surface area (Å²) in [7, 11) is 1.46. The zero-order chi connectivity index (χ0) is 13.0. The van der Waals surface area contributed by atoms with Gasteiger partial charge >= 0.3 is 5.97 Å². The van der Waals surface area contributed by atoms with E-state index in [-0.39, 0.29) is 12.0 Å². The molecule has 17 heavy (non-hydrogen) atoms. The van der Waals surface area contributed by atoms with Crippen LogP contribution in [-0.4, -0.2) is 25.2 Å². The Hall–Kier alpha value is -0.830. The maximum atomic E-state index is 11.9. The molecule has 0 aromatic carbocycles. The Balaban J connectivity index is 2.76. The minimum atomic E-state index is -0.175. The van der Waals surface area contributed by atoms with Crippen molar-refractivity contribution in [3.05, 3.63) is 11.6 Å². The topological polar surface area (TPSA) is 38.3 Å². The number of rotatable bonds is 4. The van der Waals surface area contributed by atoms with Gasteiger partial charge in [-0.2, -0.15) is 0 Å². The molecule has 1 rings (SSSR count). The Kier molecular flexibility index (Phi) is 5.19. The van der Waals surface area contributed by atoms with Crippen molar-refractivity contribution in [1.29, 1.82) is 0 Å². The number of hydrogen-bond acceptors (Lipinski definition) is 3. The van der Waals surface area contributed by atoms with Gasteiger partial charge in [-0.15, -0.1) is 0 Å². The van der Waals surface area contributed by atoms with Crippen LogP contribution in [0, 0.1) is 11.8 Å². The number of ether oxygens (including phenoxy) is 1. The third-order valence-electron chi connectivity index (χ3n) is 3.27. The van der Waals surface area contributed by atoms with Gasteiger partial charge in [-0.25, -0.2) is 0 Å². The maximum absolute atomic E-state index is 11.9. The number of hydrogen-bond donors (Lipinski definition) is 1. The fourth-order valence-electron chi connectivity index (χ4n) is 2.73. The first-order valence-corrected chi connectivity index (χ1v) is 6.45. The van der Waals surface area contributed by atoms with Gasteiger partial charge in [-0.3, -0.25) is 4.79 Å². The normalized spacial score (nSPS) is 26.6. The van der Waals surface area contributed by atoms with Crippen LogP contribution in [0.5, 0.6) is 0 Å². The first kappa shape index (κ1) is 14.2. The molecule has 3 heteroatoms. The second-order valence-corrected chi connectivity index (χ2v) is 5.51. The zero-order valence-electron chi connectivity index (χ0n) is 11.6. The highest BCUT2D eigenvalue weighted by Gasteiger charge is 2.32. The van der Waals surface area contributed by atoms with E-state index in [2.05, 4.69) is 39.1 Å². The van der Waals surface area contributed by atoms with E-state index in [9.17, 15) is 4.79 Å². The van der Waals surface area contributed by atoms with E-state index in [0.29, 0.717) is 17.9 Å². The van der Waals surface area contributed by atoms with Crippen molar-refractivity contribution in [2.75, 3.05) is 7.11 Å². The summed E-state index contributed by atoms with van der Waals surface area (Å²) in [6, 6.07) is 0.117. The molecule has 3 atom stereocenters. The number of carbonyl (C=O) groups excluding carboxylic acids is 1. The van der Waals surface area contributed by atoms with Crippen molar-refractivity contribution >= 4 is 5.97 Å². The molecule has 0 aliphatic heterocycles. The smallest absolute Gasteiger partial charge is 0.323 e. The SMILES string of the molecule is COC(=O)C(NC(C)C)C1CC(C)=CC(C)C1. The fraction of sp³-hybridized carbons (Fsp3) is 0.786. The molecular weight excluding hydrogens is 214 g/mol. The van der Waals surface area contributed by atoms with Gasteiger partial charge in [-0.05, 0) is 31.6 Å². The van der Waals surface area contributed by atoms with Gasteiger partial charge in [0.2, 0.25) is 0 Å². The molecule has 1 aliphatic rings. The second kappa shape index (κ2) is 6.20. The number of methoxy groups -OCH3 is 1. The Bertz CT molecular complexity index is 297. The third kappa shape index (κ3) is 4.15. The van der Waals surface area contributed by atoms with Crippen LogP contribution in [0.1, 0.15) is 40.5 Å². The largest absolute Gasteiger partial charge is 0.468 e. The molecule has 1 aliphatic carbocycles. The molecule has 0 fully saturated rings. The van der Waals surface area contributed by atoms with Crippen molar-refractivity contribution < 1.29 is 9.53 Å². The zero-order valence-corrected chi connectivity index (χ0v) is 11.6. The average Bonchev–Trinajstić information content (AvgIpc) is 2.23. The van der Waals surface area contributed by atoms with Crippen molar-refractivity contribution in [3.8, 4) is 0 Å². The van der Waals surface area contributed by atoms with Crippen LogP contribution in [-0.2, 0) is 9.53 Å². The van der Waals surface area contributed by atoms with Crippen molar-refractivity contribution in [3.63, 3.8) is 0 Å². The summed E-state index contributed by atoms with van der Waals surface area (Å²) in [6.07, 6.45) is 4.35. The first-order chi connectivity index (χ1) is 7.93. The quantitative estimate of drug-likeness (QED) is 0.605. The van der Waals surface area contributed by atoms with E-state index in [0.717, 1.165) is 12.8 Å². The monoisotopic (exact) mass is 239 g/mol. The van der Waals surface area contributed by atoms with Crippen LogP contribution in [0.3, 0.4) is 0 Å². The Morgan fingerprint density at radius 1 is 1.53 bits per heavy atom. The Morgan fingerprint density at radius 3 is 2.65 bits per heavy atom. The molecule has 3 unspecified atom stereocenters. The van der Waals surface area contributed by atoms with Crippen LogP contribution in [0.25, 0.3) is 0 Å². The van der Waals surface area contributed by atoms with Gasteiger partial charge in [0, 0.05) is 6.04 Å². The highest BCUT2D eigenvalue weighted by atomic mass is 16.5.